The van der Waals surface area contributed by atoms with E-state index in [0.717, 1.165) is 0 Å². The van der Waals surface area contributed by atoms with Gasteiger partial charge < -0.3 is 20.8 Å². The number of nitrogens with one attached hydrogen (secondary N) is 2. The van der Waals surface area contributed by atoms with Crippen LogP contribution in [0.5, 0.6) is 0 Å². The number of amides is 2. The molecule has 0 spiro atoms. The Bertz CT molecular complexity index is 338. The molecule has 0 bridgehead atoms. The first-order valence-electron chi connectivity index (χ1n) is 6.06. The average Bonchev–Trinajstić information content (AvgIpc) is 2.60. The van der Waals surface area contributed by atoms with Crippen molar-refractivity contribution in [2.45, 2.75) is 46.3 Å². The summed E-state index contributed by atoms with van der Waals surface area (Å²) < 4.78 is 0. The van der Waals surface area contributed by atoms with Crippen molar-refractivity contribution in [2.75, 3.05) is 6.54 Å². The molecule has 6 heteroatoms. The Balaban J connectivity index is 2.26. The number of carboxylic acid groups (broad SMARTS) is 1. The van der Waals surface area contributed by atoms with Gasteiger partial charge in [-0.15, -0.1) is 0 Å². The molecule has 18 heavy (non-hydrogen) atoms. The predicted octanol–water partition coefficient (Wildman–Crippen LogP) is 0.556. The van der Waals surface area contributed by atoms with E-state index in [1.165, 1.54) is 0 Å². The van der Waals surface area contributed by atoms with Crippen LogP contribution < -0.4 is 10.6 Å². The van der Waals surface area contributed by atoms with Gasteiger partial charge in [0, 0.05) is 19.0 Å². The molecule has 1 saturated carbocycles. The van der Waals surface area contributed by atoms with Gasteiger partial charge in [-0.05, 0) is 10.8 Å². The molecule has 0 aromatic rings. The van der Waals surface area contributed by atoms with Crippen LogP contribution in [-0.2, 0) is 4.79 Å². The van der Waals surface area contributed by atoms with Crippen molar-refractivity contribution in [1.82, 2.24) is 10.6 Å². The molecular weight excluding hydrogens is 236 g/mol. The van der Waals surface area contributed by atoms with E-state index in [1.807, 2.05) is 0 Å². The second-order valence-electron chi connectivity index (χ2n) is 5.92. The Hall–Kier alpha value is -1.30. The van der Waals surface area contributed by atoms with E-state index in [1.54, 1.807) is 0 Å². The molecule has 4 N–H and O–H groups in total. The predicted molar refractivity (Wildman–Crippen MR) is 66.1 cm³/mol. The lowest BCUT2D eigenvalue weighted by Crippen LogP contribution is -2.40. The summed E-state index contributed by atoms with van der Waals surface area (Å²) in [6, 6.07) is -0.217. The summed E-state index contributed by atoms with van der Waals surface area (Å²) >= 11 is 0. The second kappa shape index (κ2) is 4.76. The van der Waals surface area contributed by atoms with Crippen LogP contribution in [0.3, 0.4) is 0 Å². The second-order valence-corrected chi connectivity index (χ2v) is 5.92. The molecule has 2 amide bonds. The summed E-state index contributed by atoms with van der Waals surface area (Å²) in [6.07, 6.45) is -1.43. The number of hydrogen-bond donors (Lipinski definition) is 4. The third-order valence-corrected chi connectivity index (χ3v) is 4.28. The quantitative estimate of drug-likeness (QED) is 0.579. The number of hydrogen-bond acceptors (Lipinski definition) is 3. The van der Waals surface area contributed by atoms with E-state index >= 15 is 0 Å². The Morgan fingerprint density at radius 3 is 2.11 bits per heavy atom. The topological polar surface area (TPSA) is 98.7 Å². The highest BCUT2D eigenvalue weighted by molar-refractivity contribution is 5.75. The zero-order valence-corrected chi connectivity index (χ0v) is 11.3. The van der Waals surface area contributed by atoms with Crippen LogP contribution in [0.2, 0.25) is 0 Å². The molecule has 0 aromatic heterocycles. The van der Waals surface area contributed by atoms with Gasteiger partial charge in [0.05, 0.1) is 0 Å². The molecule has 1 rings (SSSR count). The van der Waals surface area contributed by atoms with Crippen LogP contribution in [0, 0.1) is 10.8 Å². The van der Waals surface area contributed by atoms with Gasteiger partial charge in [-0.3, -0.25) is 0 Å². The Morgan fingerprint density at radius 2 is 1.72 bits per heavy atom. The highest BCUT2D eigenvalue weighted by Crippen LogP contribution is 2.62. The smallest absolute Gasteiger partial charge is 0.332 e. The molecule has 104 valence electrons. The summed E-state index contributed by atoms with van der Waals surface area (Å²) in [4.78, 5) is 21.9. The van der Waals surface area contributed by atoms with E-state index in [2.05, 4.69) is 38.3 Å². The van der Waals surface area contributed by atoms with Crippen molar-refractivity contribution in [3.8, 4) is 0 Å². The summed E-state index contributed by atoms with van der Waals surface area (Å²) in [5.41, 5.74) is 0.121. The number of aliphatic hydroxyl groups is 1. The lowest BCUT2D eigenvalue weighted by Gasteiger charge is -2.10. The average molecular weight is 258 g/mol. The number of aliphatic carboxylic acids is 1. The minimum absolute atomic E-state index is 0.000204. The van der Waals surface area contributed by atoms with Crippen molar-refractivity contribution in [3.05, 3.63) is 0 Å². The molecule has 0 saturated heterocycles. The zero-order chi connectivity index (χ0) is 14.1. The van der Waals surface area contributed by atoms with E-state index < -0.39 is 12.1 Å². The Labute approximate surface area is 107 Å². The molecule has 0 aliphatic heterocycles. The van der Waals surface area contributed by atoms with E-state index in [4.69, 9.17) is 10.2 Å². The van der Waals surface area contributed by atoms with Crippen LogP contribution in [0.15, 0.2) is 0 Å². The first kappa shape index (κ1) is 14.8. The third-order valence-electron chi connectivity index (χ3n) is 4.28. The number of urea groups is 1. The molecule has 1 atom stereocenters. The first-order valence-corrected chi connectivity index (χ1v) is 6.06. The summed E-state index contributed by atoms with van der Waals surface area (Å²) in [6.45, 7) is 8.49. The highest BCUT2D eigenvalue weighted by atomic mass is 16.4. The number of carbonyl (C=O) groups excluding carboxylic acids is 1. The summed E-state index contributed by atoms with van der Waals surface area (Å²) in [5, 5.41) is 22.9. The molecule has 0 aromatic carbocycles. The number of carboxylic acids is 1. The van der Waals surface area contributed by atoms with Gasteiger partial charge in [0.25, 0.3) is 0 Å². The van der Waals surface area contributed by atoms with Crippen LogP contribution in [0.25, 0.3) is 0 Å². The standard InChI is InChI=1S/C12H22N2O4/c1-11(2)9(12(11,3)4)14-10(18)13-6-5-7(15)8(16)17/h7,9,15H,5-6H2,1-4H3,(H,16,17)(H2,13,14,18)/t7-/m0/s1. The SMILES string of the molecule is CC1(C)C(NC(=O)NCC[C@H](O)C(=O)O)C1(C)C. The van der Waals surface area contributed by atoms with Crippen LogP contribution in [0.4, 0.5) is 4.79 Å². The number of aliphatic hydroxyl groups excluding tert-OH is 1. The van der Waals surface area contributed by atoms with Crippen LogP contribution >= 0.6 is 0 Å². The van der Waals surface area contributed by atoms with Gasteiger partial charge in [-0.1, -0.05) is 27.7 Å². The van der Waals surface area contributed by atoms with Crippen LogP contribution in [-0.4, -0.2) is 40.9 Å². The van der Waals surface area contributed by atoms with E-state index in [9.17, 15) is 9.59 Å². The van der Waals surface area contributed by atoms with Crippen LogP contribution in [0.1, 0.15) is 34.1 Å². The number of carbonyl (C=O) groups is 2. The molecule has 0 heterocycles. The number of rotatable bonds is 5. The lowest BCUT2D eigenvalue weighted by molar-refractivity contribution is -0.146. The Kier molecular flexibility index (Phi) is 3.90. The van der Waals surface area contributed by atoms with Crippen molar-refractivity contribution in [3.63, 3.8) is 0 Å². The summed E-state index contributed by atoms with van der Waals surface area (Å²) in [5.74, 6) is -1.28. The maximum absolute atomic E-state index is 11.6. The van der Waals surface area contributed by atoms with Crippen molar-refractivity contribution in [1.29, 1.82) is 0 Å². The monoisotopic (exact) mass is 258 g/mol. The van der Waals surface area contributed by atoms with Gasteiger partial charge in [0.15, 0.2) is 6.10 Å². The highest BCUT2D eigenvalue weighted by Gasteiger charge is 2.65. The van der Waals surface area contributed by atoms with Gasteiger partial charge >= 0.3 is 12.0 Å². The maximum Gasteiger partial charge on any atom is 0.332 e. The molecule has 0 radical (unpaired) electrons. The van der Waals surface area contributed by atoms with Gasteiger partial charge in [0.2, 0.25) is 0 Å². The van der Waals surface area contributed by atoms with E-state index in [0.29, 0.717) is 0 Å². The van der Waals surface area contributed by atoms with Gasteiger partial charge in [-0.25, -0.2) is 9.59 Å². The minimum Gasteiger partial charge on any atom is -0.479 e. The van der Waals surface area contributed by atoms with Crippen molar-refractivity contribution >= 4 is 12.0 Å². The van der Waals surface area contributed by atoms with E-state index in [-0.39, 0.29) is 35.9 Å². The third kappa shape index (κ3) is 2.75. The molecule has 6 nitrogen and oxygen atoms in total. The normalized spacial score (nSPS) is 22.1. The lowest BCUT2D eigenvalue weighted by atomic mass is 10.0. The summed E-state index contributed by atoms with van der Waals surface area (Å²) in [7, 11) is 0. The van der Waals surface area contributed by atoms with Crippen molar-refractivity contribution in [2.24, 2.45) is 10.8 Å². The fraction of sp³-hybridized carbons (Fsp3) is 0.833. The van der Waals surface area contributed by atoms with Gasteiger partial charge in [-0.2, -0.15) is 0 Å². The zero-order valence-electron chi connectivity index (χ0n) is 11.3. The maximum atomic E-state index is 11.6. The molecule has 0 unspecified atom stereocenters. The molecule has 1 aliphatic carbocycles. The largest absolute Gasteiger partial charge is 0.479 e. The molecular formula is C12H22N2O4. The Morgan fingerprint density at radius 1 is 1.22 bits per heavy atom. The van der Waals surface area contributed by atoms with Gasteiger partial charge in [0.1, 0.15) is 0 Å². The molecule has 1 aliphatic rings. The fourth-order valence-electron chi connectivity index (χ4n) is 2.19. The van der Waals surface area contributed by atoms with Crippen molar-refractivity contribution < 1.29 is 19.8 Å². The molecule has 1 fully saturated rings. The fourth-order valence-corrected chi connectivity index (χ4v) is 2.19. The minimum atomic E-state index is -1.43. The first-order chi connectivity index (χ1) is 8.10.